The van der Waals surface area contributed by atoms with Crippen LogP contribution in [0.15, 0.2) is 16.5 Å². The Morgan fingerprint density at radius 3 is 3.10 bits per heavy atom. The molecule has 0 radical (unpaired) electrons. The number of aryl methyl sites for hydroxylation is 1. The van der Waals surface area contributed by atoms with Gasteiger partial charge in [0.25, 0.3) is 0 Å². The summed E-state index contributed by atoms with van der Waals surface area (Å²) in [5, 5.41) is 0. The van der Waals surface area contributed by atoms with Gasteiger partial charge in [0.05, 0.1) is 25.4 Å². The summed E-state index contributed by atoms with van der Waals surface area (Å²) in [6.45, 7) is 6.50. The molecule has 1 aliphatic carbocycles. The summed E-state index contributed by atoms with van der Waals surface area (Å²) < 4.78 is 17.3. The fourth-order valence-corrected chi connectivity index (χ4v) is 3.76. The van der Waals surface area contributed by atoms with Crippen LogP contribution in [0, 0.1) is 12.8 Å². The number of hydrogen-bond acceptors (Lipinski definition) is 4. The van der Waals surface area contributed by atoms with Crippen molar-refractivity contribution >= 4 is 0 Å². The average Bonchev–Trinajstić information content (AvgIpc) is 2.99. The molecule has 1 saturated carbocycles. The van der Waals surface area contributed by atoms with Gasteiger partial charge in [-0.25, -0.2) is 0 Å². The first-order chi connectivity index (χ1) is 9.72. The Bertz CT molecular complexity index is 445. The monoisotopic (exact) mass is 279 g/mol. The van der Waals surface area contributed by atoms with Crippen LogP contribution in [0.2, 0.25) is 0 Å². The molecule has 4 heteroatoms. The molecule has 4 nitrogen and oxygen atoms in total. The zero-order chi connectivity index (χ0) is 14.0. The third kappa shape index (κ3) is 2.78. The number of hydrogen-bond donors (Lipinski definition) is 0. The summed E-state index contributed by atoms with van der Waals surface area (Å²) in [4.78, 5) is 2.47. The molecule has 0 amide bonds. The molecule has 3 rings (SSSR count). The molecule has 2 heterocycles. The van der Waals surface area contributed by atoms with Crippen molar-refractivity contribution in [1.82, 2.24) is 4.90 Å². The second-order valence-corrected chi connectivity index (χ2v) is 6.18. The average molecular weight is 279 g/mol. The van der Waals surface area contributed by atoms with Crippen LogP contribution in [-0.4, -0.2) is 43.9 Å². The van der Waals surface area contributed by atoms with Crippen molar-refractivity contribution < 1.29 is 13.9 Å². The highest BCUT2D eigenvalue weighted by atomic mass is 16.5. The molecule has 1 spiro atoms. The molecule has 1 aliphatic heterocycles. The number of ether oxygens (including phenoxy) is 2. The Labute approximate surface area is 121 Å². The molecular formula is C16H25NO3. The topological polar surface area (TPSA) is 34.8 Å². The minimum atomic E-state index is 0.00982. The maximum absolute atomic E-state index is 6.21. The van der Waals surface area contributed by atoms with Crippen molar-refractivity contribution in [2.75, 3.05) is 33.4 Å². The van der Waals surface area contributed by atoms with Crippen LogP contribution in [0.4, 0.5) is 0 Å². The van der Waals surface area contributed by atoms with E-state index >= 15 is 0 Å². The number of methoxy groups -OCH3 is 1. The first-order valence-corrected chi connectivity index (χ1v) is 7.62. The fourth-order valence-electron chi connectivity index (χ4n) is 3.76. The third-order valence-electron chi connectivity index (χ3n) is 4.73. The second kappa shape index (κ2) is 5.88. The van der Waals surface area contributed by atoms with Crippen molar-refractivity contribution in [2.24, 2.45) is 5.92 Å². The molecule has 1 aromatic heterocycles. The van der Waals surface area contributed by atoms with E-state index in [0.717, 1.165) is 50.8 Å². The standard InChI is InChI=1S/C16H25NO3/c1-13-5-6-15(20-13)10-17-8-9-19-16(12-17)7-3-4-14(16)11-18-2/h5-6,14H,3-4,7-12H2,1-2H3/t14-,16+/m0/s1. The van der Waals surface area contributed by atoms with Gasteiger partial charge in [-0.1, -0.05) is 6.42 Å². The Morgan fingerprint density at radius 1 is 1.45 bits per heavy atom. The Morgan fingerprint density at radius 2 is 2.35 bits per heavy atom. The van der Waals surface area contributed by atoms with E-state index in [1.54, 1.807) is 7.11 Å². The Kier molecular flexibility index (Phi) is 4.15. The summed E-state index contributed by atoms with van der Waals surface area (Å²) in [5.74, 6) is 2.58. The second-order valence-electron chi connectivity index (χ2n) is 6.18. The van der Waals surface area contributed by atoms with Crippen molar-refractivity contribution in [3.05, 3.63) is 23.7 Å². The van der Waals surface area contributed by atoms with Gasteiger partial charge in [0.1, 0.15) is 11.5 Å². The van der Waals surface area contributed by atoms with E-state index in [2.05, 4.69) is 11.0 Å². The van der Waals surface area contributed by atoms with Gasteiger partial charge < -0.3 is 13.9 Å². The summed E-state index contributed by atoms with van der Waals surface area (Å²) in [6, 6.07) is 4.12. The Balaban J connectivity index is 1.66. The summed E-state index contributed by atoms with van der Waals surface area (Å²) in [5.41, 5.74) is 0.00982. The largest absolute Gasteiger partial charge is 0.465 e. The summed E-state index contributed by atoms with van der Waals surface area (Å²) in [6.07, 6.45) is 3.64. The number of morpholine rings is 1. The summed E-state index contributed by atoms with van der Waals surface area (Å²) in [7, 11) is 1.79. The van der Waals surface area contributed by atoms with Crippen molar-refractivity contribution in [2.45, 2.75) is 38.3 Å². The van der Waals surface area contributed by atoms with Gasteiger partial charge in [0.2, 0.25) is 0 Å². The highest BCUT2D eigenvalue weighted by Crippen LogP contribution is 2.41. The molecule has 0 bridgehead atoms. The van der Waals surface area contributed by atoms with Crippen LogP contribution in [0.1, 0.15) is 30.8 Å². The zero-order valence-corrected chi connectivity index (χ0v) is 12.6. The van der Waals surface area contributed by atoms with E-state index in [4.69, 9.17) is 13.9 Å². The zero-order valence-electron chi connectivity index (χ0n) is 12.6. The summed E-state index contributed by atoms with van der Waals surface area (Å²) >= 11 is 0. The predicted octanol–water partition coefficient (Wildman–Crippen LogP) is 2.61. The van der Waals surface area contributed by atoms with Crippen LogP contribution < -0.4 is 0 Å². The minimum Gasteiger partial charge on any atom is -0.465 e. The predicted molar refractivity (Wildman–Crippen MR) is 76.6 cm³/mol. The van der Waals surface area contributed by atoms with E-state index in [0.29, 0.717) is 5.92 Å². The SMILES string of the molecule is COC[C@@H]1CCC[C@@]12CN(Cc1ccc(C)o1)CCO2. The van der Waals surface area contributed by atoms with Crippen LogP contribution in [-0.2, 0) is 16.0 Å². The maximum Gasteiger partial charge on any atom is 0.118 e. The van der Waals surface area contributed by atoms with E-state index in [1.807, 2.05) is 13.0 Å². The molecule has 2 fully saturated rings. The van der Waals surface area contributed by atoms with Gasteiger partial charge in [0.15, 0.2) is 0 Å². The van der Waals surface area contributed by atoms with Gasteiger partial charge in [-0.15, -0.1) is 0 Å². The molecule has 112 valence electrons. The molecular weight excluding hydrogens is 254 g/mol. The fraction of sp³-hybridized carbons (Fsp3) is 0.750. The molecule has 0 unspecified atom stereocenters. The quantitative estimate of drug-likeness (QED) is 0.848. The molecule has 1 aromatic rings. The lowest BCUT2D eigenvalue weighted by Crippen LogP contribution is -2.54. The molecule has 1 saturated heterocycles. The first-order valence-electron chi connectivity index (χ1n) is 7.62. The van der Waals surface area contributed by atoms with E-state index in [-0.39, 0.29) is 5.60 Å². The van der Waals surface area contributed by atoms with E-state index in [9.17, 15) is 0 Å². The molecule has 0 N–H and O–H groups in total. The van der Waals surface area contributed by atoms with Crippen molar-refractivity contribution in [3.8, 4) is 0 Å². The lowest BCUT2D eigenvalue weighted by Gasteiger charge is -2.43. The number of rotatable bonds is 4. The lowest BCUT2D eigenvalue weighted by molar-refractivity contribution is -0.141. The number of nitrogens with zero attached hydrogens (tertiary/aromatic N) is 1. The molecule has 20 heavy (non-hydrogen) atoms. The third-order valence-corrected chi connectivity index (χ3v) is 4.73. The van der Waals surface area contributed by atoms with E-state index < -0.39 is 0 Å². The van der Waals surface area contributed by atoms with Crippen LogP contribution >= 0.6 is 0 Å². The van der Waals surface area contributed by atoms with E-state index in [1.165, 1.54) is 12.8 Å². The minimum absolute atomic E-state index is 0.00982. The van der Waals surface area contributed by atoms with Crippen LogP contribution in [0.25, 0.3) is 0 Å². The molecule has 2 aliphatic rings. The lowest BCUT2D eigenvalue weighted by atomic mass is 9.89. The Hall–Kier alpha value is -0.840. The highest BCUT2D eigenvalue weighted by Gasteiger charge is 2.46. The first kappa shape index (κ1) is 14.1. The van der Waals surface area contributed by atoms with Gasteiger partial charge in [-0.05, 0) is 31.9 Å². The molecule has 2 atom stereocenters. The maximum atomic E-state index is 6.21. The van der Waals surface area contributed by atoms with Gasteiger partial charge in [-0.3, -0.25) is 4.90 Å². The normalized spacial score (nSPS) is 31.2. The van der Waals surface area contributed by atoms with Crippen LogP contribution in [0.3, 0.4) is 0 Å². The van der Waals surface area contributed by atoms with Gasteiger partial charge >= 0.3 is 0 Å². The smallest absolute Gasteiger partial charge is 0.118 e. The highest BCUT2D eigenvalue weighted by molar-refractivity contribution is 5.06. The molecule has 0 aromatic carbocycles. The van der Waals surface area contributed by atoms with Crippen molar-refractivity contribution in [1.29, 1.82) is 0 Å². The van der Waals surface area contributed by atoms with Crippen molar-refractivity contribution in [3.63, 3.8) is 0 Å². The van der Waals surface area contributed by atoms with Gasteiger partial charge in [0, 0.05) is 26.1 Å². The van der Waals surface area contributed by atoms with Crippen LogP contribution in [0.5, 0.6) is 0 Å². The number of furan rings is 1. The van der Waals surface area contributed by atoms with Gasteiger partial charge in [-0.2, -0.15) is 0 Å².